The first-order valence-electron chi connectivity index (χ1n) is 5.09. The summed E-state index contributed by atoms with van der Waals surface area (Å²) in [7, 11) is -3.81. The van der Waals surface area contributed by atoms with Crippen molar-refractivity contribution in [3.63, 3.8) is 0 Å². The fraction of sp³-hybridized carbons (Fsp3) is 0.400. The number of hydrogen-bond donors (Lipinski definition) is 2. The van der Waals surface area contributed by atoms with Gasteiger partial charge in [0.2, 0.25) is 10.0 Å². The van der Waals surface area contributed by atoms with Crippen molar-refractivity contribution >= 4 is 22.4 Å². The first kappa shape index (κ1) is 18.2. The Morgan fingerprint density at radius 3 is 2.32 bits per heavy atom. The Labute approximate surface area is 115 Å². The summed E-state index contributed by atoms with van der Waals surface area (Å²) in [5.41, 5.74) is 3.90. The summed E-state index contributed by atoms with van der Waals surface area (Å²) >= 11 is 0. The maximum atomic E-state index is 12.6. The van der Waals surface area contributed by atoms with Crippen LogP contribution in [0.2, 0.25) is 0 Å². The zero-order valence-electron chi connectivity index (χ0n) is 9.77. The fourth-order valence-corrected chi connectivity index (χ4v) is 2.58. The summed E-state index contributed by atoms with van der Waals surface area (Å²) in [5, 5.41) is 0. The summed E-state index contributed by atoms with van der Waals surface area (Å²) in [5.74, 6) is -0.720. The minimum Gasteiger partial charge on any atom is -0.329 e. The molecule has 110 valence electrons. The first-order chi connectivity index (χ1) is 8.26. The summed E-state index contributed by atoms with van der Waals surface area (Å²) in [4.78, 5) is 0. The number of benzene rings is 1. The quantitative estimate of drug-likeness (QED) is 0.864. The van der Waals surface area contributed by atoms with E-state index in [-0.39, 0.29) is 31.1 Å². The maximum Gasteiger partial charge on any atom is 0.416 e. The van der Waals surface area contributed by atoms with Gasteiger partial charge in [-0.2, -0.15) is 13.2 Å². The van der Waals surface area contributed by atoms with Crippen molar-refractivity contribution in [3.8, 4) is 0 Å². The molecule has 0 aromatic heterocycles. The van der Waals surface area contributed by atoms with Crippen LogP contribution >= 0.6 is 12.4 Å². The number of nitrogens with two attached hydrogens (primary N) is 1. The highest BCUT2D eigenvalue weighted by Crippen LogP contribution is 2.32. The van der Waals surface area contributed by atoms with Gasteiger partial charge in [0.15, 0.2) is 0 Å². The van der Waals surface area contributed by atoms with E-state index in [1.54, 1.807) is 0 Å². The van der Waals surface area contributed by atoms with Crippen molar-refractivity contribution in [3.05, 3.63) is 35.4 Å². The summed E-state index contributed by atoms with van der Waals surface area (Å²) in [6, 6.07) is 4.58. The molecule has 0 spiro atoms. The minimum atomic E-state index is -4.57. The van der Waals surface area contributed by atoms with Crippen molar-refractivity contribution in [1.29, 1.82) is 0 Å². The van der Waals surface area contributed by atoms with E-state index in [0.717, 1.165) is 12.1 Å². The van der Waals surface area contributed by atoms with Gasteiger partial charge in [0, 0.05) is 13.1 Å². The molecule has 0 aliphatic rings. The van der Waals surface area contributed by atoms with Gasteiger partial charge in [-0.15, -0.1) is 12.4 Å². The van der Waals surface area contributed by atoms with Crippen molar-refractivity contribution in [2.45, 2.75) is 11.9 Å². The van der Waals surface area contributed by atoms with E-state index in [9.17, 15) is 21.6 Å². The van der Waals surface area contributed by atoms with Gasteiger partial charge >= 0.3 is 6.18 Å². The molecule has 0 fully saturated rings. The van der Waals surface area contributed by atoms with Crippen LogP contribution in [0.15, 0.2) is 24.3 Å². The lowest BCUT2D eigenvalue weighted by Gasteiger charge is -2.13. The Morgan fingerprint density at radius 2 is 1.79 bits per heavy atom. The molecule has 0 unspecified atom stereocenters. The molecule has 0 atom stereocenters. The third-order valence-corrected chi connectivity index (χ3v) is 3.47. The molecule has 1 aromatic carbocycles. The molecule has 0 aliphatic carbocycles. The van der Waals surface area contributed by atoms with E-state index >= 15 is 0 Å². The van der Waals surface area contributed by atoms with Crippen molar-refractivity contribution < 1.29 is 21.6 Å². The van der Waals surface area contributed by atoms with Gasteiger partial charge in [-0.05, 0) is 11.6 Å². The zero-order valence-corrected chi connectivity index (χ0v) is 11.4. The standard InChI is InChI=1S/C10H13F3N2O2S.ClH/c11-10(12,13)9-4-2-1-3-8(9)7-18(16,17)15-6-5-14;/h1-4,15H,5-7,14H2;1H. The number of rotatable bonds is 5. The third-order valence-electron chi connectivity index (χ3n) is 2.13. The molecule has 0 radical (unpaired) electrons. The molecular weight excluding hydrogens is 305 g/mol. The highest BCUT2D eigenvalue weighted by atomic mass is 35.5. The molecule has 0 bridgehead atoms. The van der Waals surface area contributed by atoms with Crippen LogP contribution in [-0.4, -0.2) is 21.5 Å². The van der Waals surface area contributed by atoms with E-state index in [4.69, 9.17) is 5.73 Å². The average molecular weight is 319 g/mol. The molecular formula is C10H14ClF3N2O2S. The van der Waals surface area contributed by atoms with Crippen LogP contribution in [0.25, 0.3) is 0 Å². The van der Waals surface area contributed by atoms with Crippen LogP contribution in [0.1, 0.15) is 11.1 Å². The lowest BCUT2D eigenvalue weighted by molar-refractivity contribution is -0.138. The predicted molar refractivity (Wildman–Crippen MR) is 68.4 cm³/mol. The van der Waals surface area contributed by atoms with E-state index in [0.29, 0.717) is 0 Å². The Morgan fingerprint density at radius 1 is 1.21 bits per heavy atom. The van der Waals surface area contributed by atoms with Crippen molar-refractivity contribution in [2.24, 2.45) is 5.73 Å². The molecule has 0 amide bonds. The fourth-order valence-electron chi connectivity index (χ4n) is 1.39. The Kier molecular flexibility index (Phi) is 6.78. The van der Waals surface area contributed by atoms with Gasteiger partial charge in [-0.1, -0.05) is 18.2 Å². The highest BCUT2D eigenvalue weighted by molar-refractivity contribution is 7.88. The van der Waals surface area contributed by atoms with Gasteiger partial charge in [0.1, 0.15) is 0 Å². The van der Waals surface area contributed by atoms with Crippen LogP contribution in [-0.2, 0) is 22.0 Å². The Bertz CT molecular complexity index is 506. The number of halogens is 4. The molecule has 4 nitrogen and oxygen atoms in total. The largest absolute Gasteiger partial charge is 0.416 e. The van der Waals surface area contributed by atoms with E-state index < -0.39 is 27.5 Å². The second-order valence-corrected chi connectivity index (χ2v) is 5.40. The van der Waals surface area contributed by atoms with Crippen LogP contribution in [0.5, 0.6) is 0 Å². The normalized spacial score (nSPS) is 12.0. The topological polar surface area (TPSA) is 72.2 Å². The minimum absolute atomic E-state index is 0. The smallest absolute Gasteiger partial charge is 0.329 e. The third kappa shape index (κ3) is 5.77. The molecule has 1 aromatic rings. The van der Waals surface area contributed by atoms with Crippen LogP contribution < -0.4 is 10.5 Å². The zero-order chi connectivity index (χ0) is 13.8. The van der Waals surface area contributed by atoms with Crippen LogP contribution in [0.4, 0.5) is 13.2 Å². The summed E-state index contributed by atoms with van der Waals surface area (Å²) in [6.45, 7) is 0.0800. The second-order valence-electron chi connectivity index (χ2n) is 3.60. The van der Waals surface area contributed by atoms with Gasteiger partial charge in [0.25, 0.3) is 0 Å². The lowest BCUT2D eigenvalue weighted by atomic mass is 10.1. The van der Waals surface area contributed by atoms with Gasteiger partial charge < -0.3 is 5.73 Å². The monoisotopic (exact) mass is 318 g/mol. The van der Waals surface area contributed by atoms with Gasteiger partial charge in [-0.3, -0.25) is 0 Å². The summed E-state index contributed by atoms with van der Waals surface area (Å²) < 4.78 is 63.0. The van der Waals surface area contributed by atoms with Gasteiger partial charge in [-0.25, -0.2) is 13.1 Å². The molecule has 0 saturated carbocycles. The van der Waals surface area contributed by atoms with Crippen molar-refractivity contribution in [2.75, 3.05) is 13.1 Å². The molecule has 0 saturated heterocycles. The molecule has 1 rings (SSSR count). The maximum absolute atomic E-state index is 12.6. The summed E-state index contributed by atoms with van der Waals surface area (Å²) in [6.07, 6.45) is -4.57. The number of hydrogen-bond acceptors (Lipinski definition) is 3. The predicted octanol–water partition coefficient (Wildman–Crippen LogP) is 1.51. The average Bonchev–Trinajstić information content (AvgIpc) is 2.25. The second kappa shape index (κ2) is 7.09. The molecule has 0 heterocycles. The van der Waals surface area contributed by atoms with Crippen molar-refractivity contribution in [1.82, 2.24) is 4.72 Å². The van der Waals surface area contributed by atoms with Gasteiger partial charge in [0.05, 0.1) is 11.3 Å². The molecule has 19 heavy (non-hydrogen) atoms. The Hall–Kier alpha value is -0.830. The number of sulfonamides is 1. The van der Waals surface area contributed by atoms with E-state index in [1.165, 1.54) is 12.1 Å². The van der Waals surface area contributed by atoms with E-state index in [1.807, 2.05) is 0 Å². The highest BCUT2D eigenvalue weighted by Gasteiger charge is 2.33. The van der Waals surface area contributed by atoms with Crippen LogP contribution in [0.3, 0.4) is 0 Å². The first-order valence-corrected chi connectivity index (χ1v) is 6.74. The van der Waals surface area contributed by atoms with Crippen LogP contribution in [0, 0.1) is 0 Å². The molecule has 9 heteroatoms. The number of nitrogens with one attached hydrogen (secondary N) is 1. The Balaban J connectivity index is 0.00000324. The number of alkyl halides is 3. The lowest BCUT2D eigenvalue weighted by Crippen LogP contribution is -2.30. The molecule has 0 aliphatic heterocycles. The van der Waals surface area contributed by atoms with E-state index in [2.05, 4.69) is 4.72 Å². The SMILES string of the molecule is Cl.NCCNS(=O)(=O)Cc1ccccc1C(F)(F)F. The molecule has 3 N–H and O–H groups in total.